The fraction of sp³-hybridized carbons (Fsp3) is 0.636. The molecule has 0 spiro atoms. The Morgan fingerprint density at radius 2 is 2.32 bits per heavy atom. The molecule has 1 fully saturated rings. The van der Waals surface area contributed by atoms with Crippen LogP contribution in [0.25, 0.3) is 0 Å². The molecule has 0 bridgehead atoms. The van der Waals surface area contributed by atoms with E-state index in [1.807, 2.05) is 18.4 Å². The van der Waals surface area contributed by atoms with Crippen molar-refractivity contribution >= 4 is 23.6 Å². The summed E-state index contributed by atoms with van der Waals surface area (Å²) < 4.78 is 1.90. The number of rotatable bonds is 5. The second kappa shape index (κ2) is 5.60. The standard InChI is InChI=1S/C11H16N4O3S/c1-6(2)10-13-14-11(19-5-9(17)18)15(10)7-3-8(16)12-4-7/h6-7H,3-5H2,1-2H3,(H,12,16)(H,17,18). The lowest BCUT2D eigenvalue weighted by Gasteiger charge is -2.16. The third kappa shape index (κ3) is 3.06. The van der Waals surface area contributed by atoms with Crippen LogP contribution in [0.15, 0.2) is 5.16 Å². The normalized spacial score (nSPS) is 18.9. The predicted octanol–water partition coefficient (Wildman–Crippen LogP) is 0.639. The molecule has 2 N–H and O–H groups in total. The minimum atomic E-state index is -0.897. The molecule has 0 aromatic carbocycles. The van der Waals surface area contributed by atoms with E-state index in [0.717, 1.165) is 17.6 Å². The zero-order chi connectivity index (χ0) is 14.0. The molecule has 0 saturated carbocycles. The summed E-state index contributed by atoms with van der Waals surface area (Å²) >= 11 is 1.13. The van der Waals surface area contributed by atoms with Crippen molar-refractivity contribution in [1.82, 2.24) is 20.1 Å². The summed E-state index contributed by atoms with van der Waals surface area (Å²) in [6.45, 7) is 4.53. The molecule has 7 nitrogen and oxygen atoms in total. The van der Waals surface area contributed by atoms with Gasteiger partial charge in [-0.2, -0.15) is 0 Å². The van der Waals surface area contributed by atoms with Crippen LogP contribution in [-0.2, 0) is 9.59 Å². The number of carboxylic acids is 1. The zero-order valence-corrected chi connectivity index (χ0v) is 11.6. The molecule has 19 heavy (non-hydrogen) atoms. The van der Waals surface area contributed by atoms with Crippen molar-refractivity contribution in [3.05, 3.63) is 5.82 Å². The first-order valence-corrected chi connectivity index (χ1v) is 7.03. The number of nitrogens with one attached hydrogen (secondary N) is 1. The molecule has 1 amide bonds. The molecule has 0 aliphatic carbocycles. The quantitative estimate of drug-likeness (QED) is 0.770. The smallest absolute Gasteiger partial charge is 0.313 e. The van der Waals surface area contributed by atoms with Crippen molar-refractivity contribution < 1.29 is 14.7 Å². The minimum Gasteiger partial charge on any atom is -0.481 e. The third-order valence-electron chi connectivity index (χ3n) is 2.85. The number of hydrogen-bond acceptors (Lipinski definition) is 5. The Hall–Kier alpha value is -1.57. The summed E-state index contributed by atoms with van der Waals surface area (Å²) in [6, 6.07) is -0.0313. The molecule has 1 unspecified atom stereocenters. The summed E-state index contributed by atoms with van der Waals surface area (Å²) in [4.78, 5) is 22.0. The molecule has 104 valence electrons. The first kappa shape index (κ1) is 13.9. The summed E-state index contributed by atoms with van der Waals surface area (Å²) in [6.07, 6.45) is 0.387. The number of carbonyl (C=O) groups excluding carboxylic acids is 1. The van der Waals surface area contributed by atoms with Crippen molar-refractivity contribution in [3.63, 3.8) is 0 Å². The Balaban J connectivity index is 2.28. The number of nitrogens with zero attached hydrogens (tertiary/aromatic N) is 3. The fourth-order valence-electron chi connectivity index (χ4n) is 2.02. The van der Waals surface area contributed by atoms with Crippen molar-refractivity contribution in [1.29, 1.82) is 0 Å². The van der Waals surface area contributed by atoms with Crippen LogP contribution in [0, 0.1) is 0 Å². The molecule has 1 atom stereocenters. The van der Waals surface area contributed by atoms with Gasteiger partial charge >= 0.3 is 5.97 Å². The predicted molar refractivity (Wildman–Crippen MR) is 69.1 cm³/mol. The van der Waals surface area contributed by atoms with Gasteiger partial charge in [-0.3, -0.25) is 9.59 Å². The maximum absolute atomic E-state index is 11.3. The number of aliphatic carboxylic acids is 1. The lowest BCUT2D eigenvalue weighted by Crippen LogP contribution is -2.18. The van der Waals surface area contributed by atoms with Crippen LogP contribution >= 0.6 is 11.8 Å². The Kier molecular flexibility index (Phi) is 4.08. The van der Waals surface area contributed by atoms with Gasteiger partial charge in [-0.1, -0.05) is 25.6 Å². The van der Waals surface area contributed by atoms with Crippen molar-refractivity contribution in [2.75, 3.05) is 12.3 Å². The van der Waals surface area contributed by atoms with Gasteiger partial charge in [0.25, 0.3) is 0 Å². The van der Waals surface area contributed by atoms with Crippen molar-refractivity contribution in [2.45, 2.75) is 37.4 Å². The molecule has 1 saturated heterocycles. The highest BCUT2D eigenvalue weighted by atomic mass is 32.2. The van der Waals surface area contributed by atoms with Crippen LogP contribution < -0.4 is 5.32 Å². The molecule has 1 aromatic heterocycles. The Morgan fingerprint density at radius 1 is 1.58 bits per heavy atom. The molecular formula is C11H16N4O3S. The largest absolute Gasteiger partial charge is 0.481 e. The van der Waals surface area contributed by atoms with Gasteiger partial charge in [-0.25, -0.2) is 0 Å². The third-order valence-corrected chi connectivity index (χ3v) is 3.78. The number of thioether (sulfide) groups is 1. The van der Waals surface area contributed by atoms with Crippen LogP contribution in [0.5, 0.6) is 0 Å². The first-order chi connectivity index (χ1) is 8.99. The minimum absolute atomic E-state index is 0.00240. The number of carbonyl (C=O) groups is 2. The van der Waals surface area contributed by atoms with E-state index in [-0.39, 0.29) is 23.6 Å². The van der Waals surface area contributed by atoms with E-state index in [0.29, 0.717) is 18.1 Å². The summed E-state index contributed by atoms with van der Waals surface area (Å²) in [5, 5.41) is 20.3. The highest BCUT2D eigenvalue weighted by Crippen LogP contribution is 2.28. The molecule has 1 aromatic rings. The van der Waals surface area contributed by atoms with Crippen LogP contribution in [-0.4, -0.2) is 44.0 Å². The molecular weight excluding hydrogens is 268 g/mol. The zero-order valence-electron chi connectivity index (χ0n) is 10.8. The lowest BCUT2D eigenvalue weighted by atomic mass is 10.2. The van der Waals surface area contributed by atoms with Gasteiger partial charge in [0.1, 0.15) is 5.82 Å². The molecule has 2 rings (SSSR count). The van der Waals surface area contributed by atoms with Crippen molar-refractivity contribution in [3.8, 4) is 0 Å². The topological polar surface area (TPSA) is 97.1 Å². The summed E-state index contributed by atoms with van der Waals surface area (Å²) in [5.41, 5.74) is 0. The van der Waals surface area contributed by atoms with Crippen molar-refractivity contribution in [2.24, 2.45) is 0 Å². The SMILES string of the molecule is CC(C)c1nnc(SCC(=O)O)n1C1CNC(=O)C1. The maximum atomic E-state index is 11.3. The average Bonchev–Trinajstić information content (AvgIpc) is 2.91. The second-order valence-electron chi connectivity index (χ2n) is 4.71. The average molecular weight is 284 g/mol. The Bertz CT molecular complexity index is 500. The van der Waals surface area contributed by atoms with Crippen LogP contribution in [0.4, 0.5) is 0 Å². The van der Waals surface area contributed by atoms with E-state index in [4.69, 9.17) is 5.11 Å². The van der Waals surface area contributed by atoms with Gasteiger partial charge in [0.15, 0.2) is 5.16 Å². The van der Waals surface area contributed by atoms with E-state index in [1.54, 1.807) is 0 Å². The molecule has 1 aliphatic rings. The van der Waals surface area contributed by atoms with E-state index < -0.39 is 5.97 Å². The van der Waals surface area contributed by atoms with Crippen LogP contribution in [0.3, 0.4) is 0 Å². The first-order valence-electron chi connectivity index (χ1n) is 6.05. The molecule has 2 heterocycles. The molecule has 0 radical (unpaired) electrons. The summed E-state index contributed by atoms with van der Waals surface area (Å²) in [7, 11) is 0. The van der Waals surface area contributed by atoms with E-state index >= 15 is 0 Å². The molecule has 8 heteroatoms. The van der Waals surface area contributed by atoms with Crippen LogP contribution in [0.1, 0.15) is 38.1 Å². The lowest BCUT2D eigenvalue weighted by molar-refractivity contribution is -0.134. The van der Waals surface area contributed by atoms with Crippen LogP contribution in [0.2, 0.25) is 0 Å². The molecule has 1 aliphatic heterocycles. The number of carboxylic acid groups (broad SMARTS) is 1. The van der Waals surface area contributed by atoms with Gasteiger partial charge in [0.05, 0.1) is 11.8 Å². The Labute approximate surface area is 114 Å². The van der Waals surface area contributed by atoms with E-state index in [2.05, 4.69) is 15.5 Å². The van der Waals surface area contributed by atoms with Gasteiger partial charge in [0, 0.05) is 18.9 Å². The highest BCUT2D eigenvalue weighted by Gasteiger charge is 2.29. The number of aromatic nitrogens is 3. The van der Waals surface area contributed by atoms with Gasteiger partial charge in [-0.05, 0) is 0 Å². The fourth-order valence-corrected chi connectivity index (χ4v) is 2.76. The summed E-state index contributed by atoms with van der Waals surface area (Å²) in [5.74, 6) is -0.00439. The second-order valence-corrected chi connectivity index (χ2v) is 5.65. The monoisotopic (exact) mass is 284 g/mol. The Morgan fingerprint density at radius 3 is 2.84 bits per heavy atom. The maximum Gasteiger partial charge on any atom is 0.313 e. The number of hydrogen-bond donors (Lipinski definition) is 2. The van der Waals surface area contributed by atoms with E-state index in [1.165, 1.54) is 0 Å². The van der Waals surface area contributed by atoms with Gasteiger partial charge in [0.2, 0.25) is 5.91 Å². The van der Waals surface area contributed by atoms with E-state index in [9.17, 15) is 9.59 Å². The highest BCUT2D eigenvalue weighted by molar-refractivity contribution is 7.99. The van der Waals surface area contributed by atoms with Gasteiger partial charge in [-0.15, -0.1) is 10.2 Å². The number of amides is 1. The van der Waals surface area contributed by atoms with Gasteiger partial charge < -0.3 is 15.0 Å².